The molecule has 254 valence electrons. The van der Waals surface area contributed by atoms with Crippen molar-refractivity contribution in [1.29, 1.82) is 5.26 Å². The van der Waals surface area contributed by atoms with E-state index in [1.54, 1.807) is 33.8 Å². The summed E-state index contributed by atoms with van der Waals surface area (Å²) in [5, 5.41) is 10.8. The van der Waals surface area contributed by atoms with Crippen LogP contribution >= 0.6 is 0 Å². The molecular formula is C35H39N3O10. The zero-order valence-electron chi connectivity index (χ0n) is 28.5. The van der Waals surface area contributed by atoms with Gasteiger partial charge in [-0.25, -0.2) is 4.79 Å². The number of allylic oxidation sites excluding steroid dienone is 3. The van der Waals surface area contributed by atoms with Crippen LogP contribution in [0.3, 0.4) is 0 Å². The number of ether oxygens (including phenoxy) is 5. The van der Waals surface area contributed by atoms with Gasteiger partial charge in [0.2, 0.25) is 5.78 Å². The minimum atomic E-state index is -0.940. The molecule has 4 aliphatic rings. The number of fused-ring (bicyclic) bond motifs is 6. The molecule has 3 aliphatic heterocycles. The maximum atomic E-state index is 14.1. The molecule has 2 bridgehead atoms. The van der Waals surface area contributed by atoms with Crippen LogP contribution in [-0.4, -0.2) is 91.3 Å². The number of carbonyl (C=O) groups excluding carboxylic acids is 5. The molecule has 0 aromatic heterocycles. The molecule has 48 heavy (non-hydrogen) atoms. The number of piperazine rings is 1. The van der Waals surface area contributed by atoms with Crippen molar-refractivity contribution in [2.24, 2.45) is 0 Å². The Balaban J connectivity index is 1.83. The first kappa shape index (κ1) is 34.5. The number of esters is 3. The second-order valence-electron chi connectivity index (χ2n) is 12.4. The van der Waals surface area contributed by atoms with Crippen LogP contribution in [0.25, 0.3) is 0 Å². The zero-order valence-corrected chi connectivity index (χ0v) is 28.5. The van der Waals surface area contributed by atoms with E-state index < -0.39 is 53.9 Å². The number of benzene rings is 1. The Labute approximate surface area is 278 Å². The van der Waals surface area contributed by atoms with Crippen LogP contribution in [0.2, 0.25) is 0 Å². The highest BCUT2D eigenvalue weighted by Crippen LogP contribution is 2.55. The molecule has 13 nitrogen and oxygen atoms in total. The normalized spacial score (nSPS) is 25.4. The van der Waals surface area contributed by atoms with Crippen LogP contribution in [0.4, 0.5) is 0 Å². The molecular weight excluding hydrogens is 622 g/mol. The van der Waals surface area contributed by atoms with E-state index in [1.165, 1.54) is 28.1 Å². The number of nitriles is 1. The zero-order chi connectivity index (χ0) is 35.4. The summed E-state index contributed by atoms with van der Waals surface area (Å²) in [6.45, 7) is 8.71. The van der Waals surface area contributed by atoms with E-state index in [4.69, 9.17) is 23.7 Å². The highest BCUT2D eigenvalue weighted by molar-refractivity contribution is 6.25. The standard InChI is InChI=1S/C35H39N3O10/c1-10-15(2)35(43)46-14-25-26-21(31(47-18(5)39)17(4)33(45-9)34(26)48-19(6)40)12-23-28-27-20(29(41)16(3)32(44-8)30(27)42)11-22(37(28)7)24(13-36)38(23)25/h10,22-25,28H,11-12,14H2,1-9H3/b15-10-/t22-,23-,24-,25-,28-/m0/s1. The first-order valence-electron chi connectivity index (χ1n) is 15.6. The number of ketones is 2. The van der Waals surface area contributed by atoms with Gasteiger partial charge in [0.1, 0.15) is 18.4 Å². The lowest BCUT2D eigenvalue weighted by Gasteiger charge is -2.60. The van der Waals surface area contributed by atoms with Crippen molar-refractivity contribution >= 4 is 29.5 Å². The molecule has 5 atom stereocenters. The molecule has 1 fully saturated rings. The third-order valence-electron chi connectivity index (χ3n) is 9.83. The summed E-state index contributed by atoms with van der Waals surface area (Å²) < 4.78 is 28.6. The fraction of sp³-hybridized carbons (Fsp3) is 0.486. The Kier molecular flexibility index (Phi) is 9.36. The fourth-order valence-corrected chi connectivity index (χ4v) is 7.69. The number of likely N-dealkylation sites (N-methyl/N-ethyl adjacent to an activating group) is 1. The summed E-state index contributed by atoms with van der Waals surface area (Å²) >= 11 is 0. The van der Waals surface area contributed by atoms with Crippen molar-refractivity contribution < 1.29 is 47.7 Å². The van der Waals surface area contributed by atoms with E-state index in [2.05, 4.69) is 6.07 Å². The Morgan fingerprint density at radius 1 is 0.938 bits per heavy atom. The van der Waals surface area contributed by atoms with E-state index in [9.17, 15) is 29.2 Å². The summed E-state index contributed by atoms with van der Waals surface area (Å²) in [5.74, 6) is -2.30. The van der Waals surface area contributed by atoms with E-state index in [1.807, 2.05) is 16.8 Å². The second kappa shape index (κ2) is 13.0. The Hall–Kier alpha value is -4.80. The van der Waals surface area contributed by atoms with Gasteiger partial charge in [0.25, 0.3) is 0 Å². The molecule has 0 radical (unpaired) electrons. The molecule has 0 unspecified atom stereocenters. The van der Waals surface area contributed by atoms with Crippen LogP contribution in [-0.2, 0) is 39.9 Å². The maximum absolute atomic E-state index is 14.1. The SMILES string of the molecule is C/C=C(/C)C(=O)OC[C@H]1c2c(c(OC(C)=O)c(C)c(OC)c2OC(C)=O)C[C@H]2[C@H]3C4=C(C[C@@H]([C@H](C#N)N12)N3C)C(=O)C(C)=C(OC)C4=O. The molecule has 5 rings (SSSR count). The summed E-state index contributed by atoms with van der Waals surface area (Å²) in [4.78, 5) is 69.7. The summed E-state index contributed by atoms with van der Waals surface area (Å²) in [5.41, 5.74) is 2.36. The van der Waals surface area contributed by atoms with E-state index in [0.29, 0.717) is 27.8 Å². The molecule has 0 spiro atoms. The van der Waals surface area contributed by atoms with Gasteiger partial charge in [-0.15, -0.1) is 0 Å². The second-order valence-corrected chi connectivity index (χ2v) is 12.4. The van der Waals surface area contributed by atoms with Gasteiger partial charge in [0.05, 0.1) is 32.4 Å². The Bertz CT molecular complexity index is 1780. The summed E-state index contributed by atoms with van der Waals surface area (Å²) in [6.07, 6.45) is 1.82. The van der Waals surface area contributed by atoms with Gasteiger partial charge in [0, 0.05) is 64.9 Å². The molecule has 1 aromatic rings. The lowest BCUT2D eigenvalue weighted by atomic mass is 9.69. The van der Waals surface area contributed by atoms with Gasteiger partial charge in [0.15, 0.2) is 23.0 Å². The minimum Gasteiger partial charge on any atom is -0.492 e. The largest absolute Gasteiger partial charge is 0.492 e. The molecule has 1 saturated heterocycles. The number of carbonyl (C=O) groups is 5. The van der Waals surface area contributed by atoms with Gasteiger partial charge in [-0.1, -0.05) is 6.08 Å². The predicted molar refractivity (Wildman–Crippen MR) is 169 cm³/mol. The number of rotatable bonds is 7. The van der Waals surface area contributed by atoms with Crippen molar-refractivity contribution in [1.82, 2.24) is 9.80 Å². The average molecular weight is 662 g/mol. The summed E-state index contributed by atoms with van der Waals surface area (Å²) in [6, 6.07) is -1.34. The third-order valence-corrected chi connectivity index (χ3v) is 9.83. The molecule has 0 amide bonds. The fourth-order valence-electron chi connectivity index (χ4n) is 7.69. The van der Waals surface area contributed by atoms with Crippen molar-refractivity contribution in [3.8, 4) is 23.3 Å². The van der Waals surface area contributed by atoms with Crippen LogP contribution < -0.4 is 14.2 Å². The third kappa shape index (κ3) is 5.29. The topological polar surface area (TPSA) is 162 Å². The van der Waals surface area contributed by atoms with Crippen LogP contribution in [0.15, 0.2) is 34.1 Å². The Morgan fingerprint density at radius 2 is 1.58 bits per heavy atom. The van der Waals surface area contributed by atoms with Gasteiger partial charge in [-0.2, -0.15) is 5.26 Å². The van der Waals surface area contributed by atoms with Gasteiger partial charge < -0.3 is 23.7 Å². The van der Waals surface area contributed by atoms with Gasteiger partial charge in [-0.3, -0.25) is 29.0 Å². The lowest BCUT2D eigenvalue weighted by Crippen LogP contribution is -2.72. The summed E-state index contributed by atoms with van der Waals surface area (Å²) in [7, 11) is 4.54. The van der Waals surface area contributed by atoms with E-state index in [-0.39, 0.29) is 59.4 Å². The number of Topliss-reactive ketones (excluding diaryl/α,β-unsaturated/α-hetero) is 2. The highest BCUT2D eigenvalue weighted by Gasteiger charge is 2.59. The van der Waals surface area contributed by atoms with Crippen molar-refractivity contribution in [2.75, 3.05) is 27.9 Å². The number of hydrogen-bond acceptors (Lipinski definition) is 13. The van der Waals surface area contributed by atoms with Gasteiger partial charge >= 0.3 is 17.9 Å². The minimum absolute atomic E-state index is 0.0404. The smallest absolute Gasteiger partial charge is 0.333 e. The molecule has 0 N–H and O–H groups in total. The first-order valence-corrected chi connectivity index (χ1v) is 15.6. The monoisotopic (exact) mass is 661 g/mol. The molecule has 13 heteroatoms. The number of methoxy groups -OCH3 is 2. The lowest BCUT2D eigenvalue weighted by molar-refractivity contribution is -0.144. The average Bonchev–Trinajstić information content (AvgIpc) is 3.03. The highest BCUT2D eigenvalue weighted by atomic mass is 16.6. The van der Waals surface area contributed by atoms with E-state index >= 15 is 0 Å². The van der Waals surface area contributed by atoms with E-state index in [0.717, 1.165) is 0 Å². The predicted octanol–water partition coefficient (Wildman–Crippen LogP) is 2.98. The van der Waals surface area contributed by atoms with Crippen LogP contribution in [0, 0.1) is 18.3 Å². The molecule has 0 saturated carbocycles. The maximum Gasteiger partial charge on any atom is 0.333 e. The van der Waals surface area contributed by atoms with Gasteiger partial charge in [-0.05, 0) is 47.6 Å². The first-order chi connectivity index (χ1) is 22.7. The number of hydrogen-bond donors (Lipinski definition) is 0. The quantitative estimate of drug-likeness (QED) is 0.182. The molecule has 1 aromatic carbocycles. The van der Waals surface area contributed by atoms with Crippen LogP contribution in [0.5, 0.6) is 17.2 Å². The van der Waals surface area contributed by atoms with Crippen molar-refractivity contribution in [3.63, 3.8) is 0 Å². The molecule has 3 heterocycles. The number of nitrogens with zero attached hydrogens (tertiary/aromatic N) is 3. The Morgan fingerprint density at radius 3 is 2.15 bits per heavy atom. The van der Waals surface area contributed by atoms with Crippen molar-refractivity contribution in [2.45, 2.75) is 84.6 Å². The van der Waals surface area contributed by atoms with Crippen LogP contribution in [0.1, 0.15) is 63.8 Å². The molecule has 1 aliphatic carbocycles. The van der Waals surface area contributed by atoms with Crippen molar-refractivity contribution in [3.05, 3.63) is 50.8 Å².